The van der Waals surface area contributed by atoms with Crippen LogP contribution < -0.4 is 68.4 Å². The van der Waals surface area contributed by atoms with Crippen molar-refractivity contribution in [1.29, 1.82) is 5.41 Å². The number of hydrogen-bond donors (Lipinski definition) is 13. The highest BCUT2D eigenvalue weighted by molar-refractivity contribution is 7.90. The van der Waals surface area contributed by atoms with E-state index in [9.17, 15) is 37.2 Å². The van der Waals surface area contributed by atoms with E-state index in [2.05, 4.69) is 57.9 Å². The molecule has 33 heteroatoms. The summed E-state index contributed by atoms with van der Waals surface area (Å²) in [5.74, 6) is -10.5. The van der Waals surface area contributed by atoms with Gasteiger partial charge in [-0.1, -0.05) is 196 Å². The van der Waals surface area contributed by atoms with E-state index < -0.39 is 189 Å². The van der Waals surface area contributed by atoms with Crippen LogP contribution in [0.2, 0.25) is 0 Å². The number of aromatic nitrogens is 2. The molecule has 9 amide bonds. The molecule has 7 atom stereocenters. The molecule has 0 spiro atoms. The van der Waals surface area contributed by atoms with E-state index >= 15 is 24.0 Å². The van der Waals surface area contributed by atoms with Gasteiger partial charge in [0, 0.05) is 31.1 Å². The second kappa shape index (κ2) is 45.4. The minimum Gasteiger partial charge on any atom is -0.487 e. The van der Waals surface area contributed by atoms with Crippen molar-refractivity contribution in [3.05, 3.63) is 256 Å². The van der Waals surface area contributed by atoms with Gasteiger partial charge in [-0.15, -0.1) is 0 Å². The molecule has 0 saturated carbocycles. The van der Waals surface area contributed by atoms with E-state index in [-0.39, 0.29) is 55.3 Å². The van der Waals surface area contributed by atoms with Gasteiger partial charge in [-0.2, -0.15) is 0 Å². The molecule has 8 aromatic rings. The Morgan fingerprint density at radius 2 is 0.932 bits per heavy atom. The Bertz CT molecular complexity index is 5340. The van der Waals surface area contributed by atoms with Gasteiger partial charge in [0.05, 0.1) is 73.3 Å². The number of sulfonamides is 1. The average Bonchev–Trinajstić information content (AvgIpc) is 1.23. The molecule has 7 aromatic carbocycles. The second-order valence-electron chi connectivity index (χ2n) is 37.4. The van der Waals surface area contributed by atoms with Gasteiger partial charge < -0.3 is 82.4 Å². The average molecular weight is 1850 g/mol. The van der Waals surface area contributed by atoms with Crippen molar-refractivity contribution in [1.82, 2.24) is 67.4 Å². The normalized spacial score (nSPS) is 14.2. The molecule has 32 nitrogen and oxygen atoms in total. The lowest BCUT2D eigenvalue weighted by molar-refractivity contribution is -0.157. The summed E-state index contributed by atoms with van der Waals surface area (Å²) in [7, 11) is -4.44. The highest BCUT2D eigenvalue weighted by Gasteiger charge is 2.44. The Labute approximate surface area is 779 Å². The number of nitrogens with two attached hydrogens (primary N) is 1. The fourth-order valence-corrected chi connectivity index (χ4v) is 17.3. The van der Waals surface area contributed by atoms with Gasteiger partial charge in [0.25, 0.3) is 10.0 Å². The Kier molecular flexibility index (Phi) is 35.4. The molecule has 0 unspecified atom stereocenters. The van der Waals surface area contributed by atoms with Gasteiger partial charge in [0.2, 0.25) is 59.1 Å². The van der Waals surface area contributed by atoms with Crippen molar-refractivity contribution in [2.45, 2.75) is 243 Å². The minimum atomic E-state index is -4.44. The topological polar surface area (TPSA) is 459 Å². The van der Waals surface area contributed by atoms with Crippen molar-refractivity contribution in [2.24, 2.45) is 11.7 Å². The lowest BCUT2D eigenvalue weighted by atomic mass is 9.77. The van der Waals surface area contributed by atoms with Crippen LogP contribution >= 0.6 is 0 Å². The molecule has 0 bridgehead atoms. The predicted octanol–water partition coefficient (Wildman–Crippen LogP) is 8.15. The third-order valence-corrected chi connectivity index (χ3v) is 23.7. The summed E-state index contributed by atoms with van der Waals surface area (Å²) in [6, 6.07) is 44.4. The Balaban J connectivity index is 1.08. The predicted molar refractivity (Wildman–Crippen MR) is 504 cm³/mol. The summed E-state index contributed by atoms with van der Waals surface area (Å²) in [4.78, 5) is 167. The molecule has 0 aliphatic carbocycles. The first-order valence-corrected chi connectivity index (χ1v) is 46.0. The molecule has 133 heavy (non-hydrogen) atoms. The zero-order chi connectivity index (χ0) is 97.6. The maximum atomic E-state index is 16.0. The zero-order valence-electron chi connectivity index (χ0n) is 78.9. The number of rotatable bonds is 43. The molecule has 14 N–H and O–H groups in total. The molecule has 9 rings (SSSR count). The summed E-state index contributed by atoms with van der Waals surface area (Å²) in [5.41, 5.74) is 6.55. The van der Waals surface area contributed by atoms with Crippen LogP contribution in [-0.4, -0.2) is 186 Å². The summed E-state index contributed by atoms with van der Waals surface area (Å²) < 4.78 is 56.9. The molecule has 712 valence electrons. The highest BCUT2D eigenvalue weighted by atomic mass is 32.2. The Hall–Kier alpha value is -13.0. The van der Waals surface area contributed by atoms with Crippen LogP contribution in [0.15, 0.2) is 199 Å². The Morgan fingerprint density at radius 3 is 1.40 bits per heavy atom. The van der Waals surface area contributed by atoms with Crippen molar-refractivity contribution in [3.63, 3.8) is 0 Å². The smallest absolute Gasteiger partial charge is 0.308 e. The number of ether oxygens (including phenoxy) is 4. The molecule has 2 heterocycles. The standard InChI is InChI=1S/C100H129N15O17S/c1-62(2)51-75(101)87(120)111-80(59-129-95(7,8)9)89(122)105-57-83(118)107-76(49-36-50-103-94(102)114-133(127,128)86-65(5)64(4)85-74(66(86)6)55-98(16,17)132-85)90(123)112-81(60-130-96(10,11)12)93(126)110-79(54-84(119)131-97(13,14)15)92(125)109-78(53-82(117)113-99(67-37-24-18-25-38-67,68-39-26-19-27-40-68)69-41-28-20-29-42-69)91(124)108-77(88(121)104-56-63(3)116)52-73-58-115(61-106-73)100(70-43-30-21-31-44-70,71-45-32-22-33-46-71)72-47-34-23-35-48-72/h18-35,37-48,58,61-62,75-81H,36,49-57,59-60,101H2,1-17H3,(H,104,121)(H,105,122)(H,107,118)(H,108,124)(H,109,125)(H,110,126)(H,111,120)(H,112,123)(H,113,117)(H3,102,103,114)/t75-,76-,77-,78-,79-,80-,81-/m0/s1. The number of esters is 1. The van der Waals surface area contributed by atoms with E-state index in [0.717, 1.165) is 16.7 Å². The number of nitrogens with one attached hydrogen (secondary N) is 12. The van der Waals surface area contributed by atoms with E-state index in [1.54, 1.807) is 150 Å². The number of carbonyl (C=O) groups is 11. The summed E-state index contributed by atoms with van der Waals surface area (Å²) >= 11 is 0. The SMILES string of the molecule is CC(=O)CNC(=O)[C@H](Cc1cn(C(c2ccccc2)(c2ccccc2)c2ccccc2)cn1)NC(=O)[C@H](CC(=O)NC(c1ccccc1)(c1ccccc1)c1ccccc1)NC(=O)[C@H](CC(=O)OC(C)(C)C)NC(=O)[C@H](COC(C)(C)C)NC(=O)[C@H](CCCNC(=N)NS(=O)(=O)c1c(C)c(C)c2c(c1C)CC(C)(C)O2)NC(=O)CNC(=O)[C@H](COC(C)(C)C)NC(=O)[C@@H](N)CC(C)C. The van der Waals surface area contributed by atoms with Crippen LogP contribution in [0.3, 0.4) is 0 Å². The summed E-state index contributed by atoms with van der Waals surface area (Å²) in [6.07, 6.45) is 1.31. The van der Waals surface area contributed by atoms with Gasteiger partial charge >= 0.3 is 5.97 Å². The summed E-state index contributed by atoms with van der Waals surface area (Å²) in [5, 5.41) is 35.7. The highest BCUT2D eigenvalue weighted by Crippen LogP contribution is 2.45. The number of Topliss-reactive ketones (excluding diaryl/α,β-unsaturated/α-hetero) is 1. The quantitative estimate of drug-likeness (QED) is 0.00563. The molecule has 0 fully saturated rings. The van der Waals surface area contributed by atoms with Gasteiger partial charge in [-0.25, -0.2) is 18.1 Å². The molecule has 0 radical (unpaired) electrons. The number of guanidine groups is 1. The molecular formula is C100H129N15O17S. The maximum Gasteiger partial charge on any atom is 0.308 e. The number of ketones is 1. The van der Waals surface area contributed by atoms with Crippen LogP contribution in [0.1, 0.15) is 190 Å². The van der Waals surface area contributed by atoms with Crippen LogP contribution in [0, 0.1) is 32.1 Å². The van der Waals surface area contributed by atoms with Crippen molar-refractivity contribution >= 4 is 80.9 Å². The van der Waals surface area contributed by atoms with Crippen LogP contribution in [0.25, 0.3) is 0 Å². The molecule has 1 aliphatic rings. The minimum absolute atomic E-state index is 0.00897. The maximum absolute atomic E-state index is 16.0. The van der Waals surface area contributed by atoms with E-state index in [4.69, 9.17) is 35.1 Å². The fraction of sp³-hybridized carbons (Fsp3) is 0.430. The zero-order valence-corrected chi connectivity index (χ0v) is 79.7. The molecular weight excluding hydrogens is 1720 g/mol. The number of imidazole rings is 1. The van der Waals surface area contributed by atoms with Crippen LogP contribution in [0.5, 0.6) is 5.75 Å². The third-order valence-electron chi connectivity index (χ3n) is 22.1. The number of benzene rings is 7. The van der Waals surface area contributed by atoms with E-state index in [1.807, 2.05) is 160 Å². The third kappa shape index (κ3) is 28.8. The number of fused-ring (bicyclic) bond motifs is 1. The van der Waals surface area contributed by atoms with Gasteiger partial charge in [0.15, 0.2) is 0 Å². The number of nitrogens with zero attached hydrogens (tertiary/aromatic N) is 2. The number of amides is 9. The lowest BCUT2D eigenvalue weighted by Crippen LogP contribution is -2.61. The lowest BCUT2D eigenvalue weighted by Gasteiger charge is -2.37. The van der Waals surface area contributed by atoms with E-state index in [0.29, 0.717) is 51.1 Å². The molecule has 0 saturated heterocycles. The van der Waals surface area contributed by atoms with Gasteiger partial charge in [-0.05, 0) is 179 Å². The fourth-order valence-electron chi connectivity index (χ4n) is 15.8. The van der Waals surface area contributed by atoms with Gasteiger partial charge in [0.1, 0.15) is 70.1 Å². The monoisotopic (exact) mass is 1840 g/mol. The van der Waals surface area contributed by atoms with E-state index in [1.165, 1.54) is 6.92 Å². The first-order chi connectivity index (χ1) is 62.6. The largest absolute Gasteiger partial charge is 0.487 e. The van der Waals surface area contributed by atoms with Crippen LogP contribution in [0.4, 0.5) is 0 Å². The van der Waals surface area contributed by atoms with Crippen molar-refractivity contribution in [2.75, 3.05) is 32.8 Å². The van der Waals surface area contributed by atoms with Crippen molar-refractivity contribution in [3.8, 4) is 5.75 Å². The molecule has 1 aliphatic heterocycles. The first-order valence-electron chi connectivity index (χ1n) is 44.6. The second-order valence-corrected chi connectivity index (χ2v) is 39.0. The van der Waals surface area contributed by atoms with Crippen molar-refractivity contribution < 1.29 is 80.1 Å². The Morgan fingerprint density at radius 1 is 0.511 bits per heavy atom. The van der Waals surface area contributed by atoms with Crippen LogP contribution in [-0.2, 0) is 101 Å². The number of carbonyl (C=O) groups excluding carboxylic acids is 11. The number of hydrogen-bond acceptors (Lipinski definition) is 20. The summed E-state index contributed by atoms with van der Waals surface area (Å²) in [6.45, 7) is 26.1. The first kappa shape index (κ1) is 104. The van der Waals surface area contributed by atoms with Gasteiger partial charge in [-0.3, -0.25) is 58.1 Å². The molecule has 1 aromatic heterocycles.